The zero-order valence-corrected chi connectivity index (χ0v) is 19.0. The van der Waals surface area contributed by atoms with Gasteiger partial charge in [-0.15, -0.1) is 0 Å². The van der Waals surface area contributed by atoms with Gasteiger partial charge in [0.1, 0.15) is 5.75 Å². The van der Waals surface area contributed by atoms with Crippen molar-refractivity contribution < 1.29 is 17.6 Å². The third-order valence-electron chi connectivity index (χ3n) is 5.64. The summed E-state index contributed by atoms with van der Waals surface area (Å²) in [6.07, 6.45) is -4.59. The molecule has 1 heterocycles. The highest BCUT2D eigenvalue weighted by Gasteiger charge is 2.52. The number of rotatable bonds is 4. The molecule has 4 rings (SSSR count). The van der Waals surface area contributed by atoms with Crippen LogP contribution in [0.4, 0.5) is 13.2 Å². The molecule has 3 aromatic carbocycles. The van der Waals surface area contributed by atoms with Gasteiger partial charge in [0, 0.05) is 11.5 Å². The summed E-state index contributed by atoms with van der Waals surface area (Å²) in [4.78, 5) is 0. The highest BCUT2D eigenvalue weighted by atomic mass is 28.4. The van der Waals surface area contributed by atoms with Gasteiger partial charge in [0.05, 0.1) is 5.52 Å². The number of nitrogens with zero attached hydrogens (tertiary/aromatic N) is 2. The van der Waals surface area contributed by atoms with E-state index in [9.17, 15) is 13.2 Å². The standard InChI is InChI=1S/C24H22BF3N2OSi/c1-23(2,3)32(18-10-6-4-7-11-18,19-12-8-5-9-13-19)31-17-14-15-20-21(16-17)30(25)29-22(20)24(26,27)28/h4-16H,1-3H3. The molecule has 0 saturated heterocycles. The van der Waals surface area contributed by atoms with Gasteiger partial charge in [-0.2, -0.15) is 18.3 Å². The summed E-state index contributed by atoms with van der Waals surface area (Å²) in [5.74, 6) is 0.451. The van der Waals surface area contributed by atoms with E-state index in [2.05, 4.69) is 50.1 Å². The maximum absolute atomic E-state index is 13.3. The zero-order valence-electron chi connectivity index (χ0n) is 18.0. The second-order valence-corrected chi connectivity index (χ2v) is 13.0. The molecule has 0 spiro atoms. The van der Waals surface area contributed by atoms with Gasteiger partial charge < -0.3 is 9.02 Å². The fourth-order valence-corrected chi connectivity index (χ4v) is 8.63. The molecule has 0 fully saturated rings. The van der Waals surface area contributed by atoms with Crippen LogP contribution < -0.4 is 14.8 Å². The van der Waals surface area contributed by atoms with E-state index in [-0.39, 0.29) is 15.9 Å². The largest absolute Gasteiger partial charge is 0.534 e. The first-order chi connectivity index (χ1) is 15.0. The van der Waals surface area contributed by atoms with Crippen LogP contribution in [0, 0.1) is 0 Å². The van der Waals surface area contributed by atoms with Crippen molar-refractivity contribution in [2.45, 2.75) is 32.0 Å². The van der Waals surface area contributed by atoms with E-state index in [0.717, 1.165) is 15.0 Å². The summed E-state index contributed by atoms with van der Waals surface area (Å²) in [6.45, 7) is 6.39. The molecule has 32 heavy (non-hydrogen) atoms. The lowest BCUT2D eigenvalue weighted by Crippen LogP contribution is -2.68. The minimum atomic E-state index is -4.59. The van der Waals surface area contributed by atoms with Gasteiger partial charge >= 0.3 is 14.5 Å². The Balaban J connectivity index is 1.93. The van der Waals surface area contributed by atoms with Crippen LogP contribution >= 0.6 is 0 Å². The number of halogens is 3. The van der Waals surface area contributed by atoms with Crippen molar-refractivity contribution in [1.82, 2.24) is 9.69 Å². The molecule has 4 aromatic rings. The molecular formula is C24H22BF3N2OSi. The van der Waals surface area contributed by atoms with Crippen LogP contribution in [-0.2, 0) is 6.18 Å². The number of hydrogen-bond acceptors (Lipinski definition) is 2. The number of hydrogen-bond donors (Lipinski definition) is 0. The molecule has 162 valence electrons. The first-order valence-electron chi connectivity index (χ1n) is 10.2. The molecule has 8 heteroatoms. The Morgan fingerprint density at radius 1 is 0.844 bits per heavy atom. The number of alkyl halides is 3. The van der Waals surface area contributed by atoms with E-state index in [4.69, 9.17) is 12.4 Å². The Morgan fingerprint density at radius 2 is 1.38 bits per heavy atom. The highest BCUT2D eigenvalue weighted by Crippen LogP contribution is 2.39. The second-order valence-electron chi connectivity index (χ2n) is 8.74. The predicted octanol–water partition coefficient (Wildman–Crippen LogP) is 4.93. The summed E-state index contributed by atoms with van der Waals surface area (Å²) in [7, 11) is 2.86. The van der Waals surface area contributed by atoms with Gasteiger partial charge in [0.15, 0.2) is 5.69 Å². The lowest BCUT2D eigenvalue weighted by atomic mass is 10.2. The monoisotopic (exact) mass is 450 g/mol. The molecule has 0 amide bonds. The Morgan fingerprint density at radius 3 is 1.84 bits per heavy atom. The fraction of sp³-hybridized carbons (Fsp3) is 0.208. The molecule has 2 radical (unpaired) electrons. The maximum Gasteiger partial charge on any atom is 0.435 e. The summed E-state index contributed by atoms with van der Waals surface area (Å²) >= 11 is 0. The van der Waals surface area contributed by atoms with Gasteiger partial charge in [-0.3, -0.25) is 0 Å². The average Bonchev–Trinajstić information content (AvgIpc) is 3.09. The first kappa shape index (κ1) is 22.2. The van der Waals surface area contributed by atoms with E-state index >= 15 is 0 Å². The smallest absolute Gasteiger partial charge is 0.435 e. The highest BCUT2D eigenvalue weighted by molar-refractivity contribution is 7.00. The lowest BCUT2D eigenvalue weighted by Gasteiger charge is -2.43. The molecule has 0 aliphatic carbocycles. The van der Waals surface area contributed by atoms with Crippen molar-refractivity contribution in [1.29, 1.82) is 0 Å². The van der Waals surface area contributed by atoms with Crippen LogP contribution in [0.1, 0.15) is 26.5 Å². The summed E-state index contributed by atoms with van der Waals surface area (Å²) in [5.41, 5.74) is -0.847. The fourth-order valence-electron chi connectivity index (χ4n) is 4.22. The van der Waals surface area contributed by atoms with Gasteiger partial charge in [0.2, 0.25) is 0 Å². The molecule has 0 aliphatic rings. The van der Waals surface area contributed by atoms with Gasteiger partial charge in [-0.25, -0.2) is 0 Å². The molecule has 1 aromatic heterocycles. The number of benzene rings is 3. The van der Waals surface area contributed by atoms with Crippen LogP contribution in [-0.4, -0.2) is 26.0 Å². The summed E-state index contributed by atoms with van der Waals surface area (Å²) in [5, 5.41) is 5.27. The van der Waals surface area contributed by atoms with Crippen molar-refractivity contribution in [2.24, 2.45) is 0 Å². The number of fused-ring (bicyclic) bond motifs is 1. The second kappa shape index (κ2) is 7.85. The molecule has 0 aliphatic heterocycles. The molecule has 0 N–H and O–H groups in total. The van der Waals surface area contributed by atoms with Crippen molar-refractivity contribution in [3.05, 3.63) is 84.6 Å². The van der Waals surface area contributed by atoms with Gasteiger partial charge in [-0.05, 0) is 27.5 Å². The van der Waals surface area contributed by atoms with E-state index in [1.54, 1.807) is 6.07 Å². The summed E-state index contributed by atoms with van der Waals surface area (Å²) < 4.78 is 47.7. The quantitative estimate of drug-likeness (QED) is 0.413. The van der Waals surface area contributed by atoms with Gasteiger partial charge in [-0.1, -0.05) is 81.4 Å². The number of aromatic nitrogens is 2. The molecule has 0 atom stereocenters. The predicted molar refractivity (Wildman–Crippen MR) is 124 cm³/mol. The minimum absolute atomic E-state index is 0.0604. The van der Waals surface area contributed by atoms with Crippen molar-refractivity contribution in [2.75, 3.05) is 0 Å². The zero-order chi connectivity index (χ0) is 23.1. The molecular weight excluding hydrogens is 428 g/mol. The molecule has 0 bridgehead atoms. The molecule has 3 nitrogen and oxygen atoms in total. The topological polar surface area (TPSA) is 27.1 Å². The Labute approximate surface area is 187 Å². The van der Waals surface area contributed by atoms with Crippen molar-refractivity contribution in [3.8, 4) is 5.75 Å². The van der Waals surface area contributed by atoms with Crippen LogP contribution in [0.3, 0.4) is 0 Å². The SMILES string of the molecule is [B]n1nc(C(F)(F)F)c2ccc(O[Si](c3ccccc3)(c3ccccc3)C(C)(C)C)cc21. The molecule has 0 saturated carbocycles. The van der Waals surface area contributed by atoms with Crippen molar-refractivity contribution >= 4 is 37.6 Å². The van der Waals surface area contributed by atoms with Crippen LogP contribution in [0.15, 0.2) is 78.9 Å². The first-order valence-corrected chi connectivity index (χ1v) is 12.1. The Kier molecular flexibility index (Phi) is 5.45. The van der Waals surface area contributed by atoms with Gasteiger partial charge in [0.25, 0.3) is 7.98 Å². The Bertz CT molecular complexity index is 1200. The molecule has 0 unspecified atom stereocenters. The van der Waals surface area contributed by atoms with E-state index < -0.39 is 20.2 Å². The normalized spacial score (nSPS) is 12.8. The lowest BCUT2D eigenvalue weighted by molar-refractivity contribution is -0.140. The van der Waals surface area contributed by atoms with E-state index in [1.807, 2.05) is 36.4 Å². The van der Waals surface area contributed by atoms with Crippen LogP contribution in [0.5, 0.6) is 5.75 Å². The minimum Gasteiger partial charge on any atom is -0.534 e. The summed E-state index contributed by atoms with van der Waals surface area (Å²) in [6, 6.07) is 24.5. The van der Waals surface area contributed by atoms with E-state index in [1.165, 1.54) is 12.1 Å². The maximum atomic E-state index is 13.3. The Hall–Kier alpha value is -3.00. The third-order valence-corrected chi connectivity index (χ3v) is 10.6. The third kappa shape index (κ3) is 3.73. The van der Waals surface area contributed by atoms with Crippen LogP contribution in [0.2, 0.25) is 5.04 Å². The van der Waals surface area contributed by atoms with Crippen LogP contribution in [0.25, 0.3) is 10.9 Å². The van der Waals surface area contributed by atoms with E-state index in [0.29, 0.717) is 5.75 Å². The van der Waals surface area contributed by atoms with Crippen molar-refractivity contribution in [3.63, 3.8) is 0 Å². The average molecular weight is 450 g/mol.